The van der Waals surface area contributed by atoms with E-state index >= 15 is 0 Å². The Bertz CT molecular complexity index is 3330. The molecule has 0 radical (unpaired) electrons. The number of allylic oxidation sites excluding steroid dienone is 1. The van der Waals surface area contributed by atoms with Crippen molar-refractivity contribution in [2.24, 2.45) is 5.92 Å². The molecule has 0 unspecified atom stereocenters. The molecule has 0 saturated carbocycles. The van der Waals surface area contributed by atoms with E-state index in [4.69, 9.17) is 13.3 Å². The minimum Gasteiger partial charge on any atom is -0.534 e. The summed E-state index contributed by atoms with van der Waals surface area (Å²) in [6.45, 7) is 30.8. The summed E-state index contributed by atoms with van der Waals surface area (Å²) in [5.41, 5.74) is 6.72. The number of rotatable bonds is 17. The van der Waals surface area contributed by atoms with Crippen molar-refractivity contribution in [3.63, 3.8) is 0 Å². The first-order chi connectivity index (χ1) is 36.7. The number of hydrogen-bond acceptors (Lipinski definition) is 3. The summed E-state index contributed by atoms with van der Waals surface area (Å²) >= 11 is 0. The number of benzene rings is 8. The smallest absolute Gasteiger partial charge is 0.320 e. The molecule has 0 atom stereocenters. The lowest BCUT2D eigenvalue weighted by Gasteiger charge is -2.43. The Kier molecular flexibility index (Phi) is 15.9. The van der Waals surface area contributed by atoms with Crippen LogP contribution in [0.5, 0.6) is 11.5 Å². The van der Waals surface area contributed by atoms with Crippen LogP contribution in [-0.4, -0.2) is 29.9 Å². The number of hydrogen-bond donors (Lipinski definition) is 1. The van der Waals surface area contributed by atoms with Crippen LogP contribution in [0.2, 0.25) is 15.1 Å². The van der Waals surface area contributed by atoms with Crippen LogP contribution < -0.4 is 40.0 Å². The molecule has 0 saturated heterocycles. The normalized spacial score (nSPS) is 13.1. The number of aromatic amines is 1. The minimum absolute atomic E-state index is 0.221. The second-order valence-corrected chi connectivity index (χ2v) is 37.6. The average Bonchev–Trinajstić information content (AvgIpc) is 3.81. The number of aromatic nitrogens is 1. The van der Waals surface area contributed by atoms with E-state index in [1.807, 2.05) is 0 Å². The lowest BCUT2D eigenvalue weighted by atomic mass is 9.97. The third-order valence-corrected chi connectivity index (χ3v) is 30.9. The van der Waals surface area contributed by atoms with Gasteiger partial charge in [0.05, 0.1) is 17.6 Å². The highest BCUT2D eigenvalue weighted by Crippen LogP contribution is 2.47. The highest BCUT2D eigenvalue weighted by Gasteiger charge is 2.54. The maximum absolute atomic E-state index is 8.15. The molecule has 77 heavy (non-hydrogen) atoms. The van der Waals surface area contributed by atoms with Crippen LogP contribution in [0.15, 0.2) is 206 Å². The van der Waals surface area contributed by atoms with E-state index in [9.17, 15) is 0 Å². The Hall–Kier alpha value is -6.49. The summed E-state index contributed by atoms with van der Waals surface area (Å²) in [6.07, 6.45) is 4.54. The van der Waals surface area contributed by atoms with Crippen LogP contribution in [0.25, 0.3) is 27.9 Å². The van der Waals surface area contributed by atoms with Gasteiger partial charge in [-0.2, -0.15) is 0 Å². The molecule has 0 spiro atoms. The van der Waals surface area contributed by atoms with Crippen molar-refractivity contribution in [3.8, 4) is 11.5 Å². The van der Waals surface area contributed by atoms with Crippen molar-refractivity contribution in [1.29, 1.82) is 0 Å². The zero-order chi connectivity index (χ0) is 54.8. The van der Waals surface area contributed by atoms with E-state index in [1.165, 1.54) is 36.7 Å². The molecule has 0 bridgehead atoms. The highest BCUT2D eigenvalue weighted by atomic mass is 28.4. The second-order valence-electron chi connectivity index (χ2n) is 24.8. The van der Waals surface area contributed by atoms with Crippen molar-refractivity contribution in [1.82, 2.24) is 4.98 Å². The van der Waals surface area contributed by atoms with Gasteiger partial charge in [0.1, 0.15) is 11.5 Å². The Morgan fingerprint density at radius 1 is 0.481 bits per heavy atom. The van der Waals surface area contributed by atoms with Crippen molar-refractivity contribution in [2.75, 3.05) is 0 Å². The van der Waals surface area contributed by atoms with Gasteiger partial charge in [-0.3, -0.25) is 0 Å². The first-order valence-corrected chi connectivity index (χ1v) is 33.6. The average molecular weight is 1070 g/mol. The molecule has 4 nitrogen and oxygen atoms in total. The highest BCUT2D eigenvalue weighted by molar-refractivity contribution is 7.01. The lowest BCUT2D eigenvalue weighted by Crippen LogP contribution is -2.68. The van der Waals surface area contributed by atoms with Crippen LogP contribution in [-0.2, 0) is 11.0 Å². The zero-order valence-electron chi connectivity index (χ0n) is 48.1. The fourth-order valence-corrected chi connectivity index (χ4v) is 25.6. The summed E-state index contributed by atoms with van der Waals surface area (Å²) in [4.78, 5) is 4.18. The first-order valence-electron chi connectivity index (χ1n) is 27.9. The molecule has 9 rings (SSSR count). The van der Waals surface area contributed by atoms with E-state index in [2.05, 4.69) is 301 Å². The van der Waals surface area contributed by atoms with Gasteiger partial charge in [-0.1, -0.05) is 276 Å². The summed E-state index contributed by atoms with van der Waals surface area (Å²) in [5.74, 6) is 2.31. The van der Waals surface area contributed by atoms with Crippen molar-refractivity contribution in [3.05, 3.63) is 222 Å². The Morgan fingerprint density at radius 3 is 1.21 bits per heavy atom. The number of H-pyrrole nitrogens is 1. The molecule has 0 amide bonds. The molecule has 0 fully saturated rings. The van der Waals surface area contributed by atoms with E-state index in [1.54, 1.807) is 0 Å². The van der Waals surface area contributed by atoms with Gasteiger partial charge in [0.25, 0.3) is 8.32 Å². The molecule has 7 heteroatoms. The third-order valence-electron chi connectivity index (χ3n) is 16.1. The van der Waals surface area contributed by atoms with Gasteiger partial charge in [-0.15, -0.1) is 0 Å². The summed E-state index contributed by atoms with van der Waals surface area (Å²) in [5, 5.41) is 8.87. The maximum Gasteiger partial charge on any atom is 0.320 e. The van der Waals surface area contributed by atoms with E-state index in [0.29, 0.717) is 12.5 Å². The van der Waals surface area contributed by atoms with Gasteiger partial charge >= 0.3 is 16.6 Å². The van der Waals surface area contributed by atoms with Gasteiger partial charge in [0.2, 0.25) is 0 Å². The Balaban J connectivity index is 1.39. The second kappa shape index (κ2) is 22.1. The van der Waals surface area contributed by atoms with Crippen LogP contribution in [0.3, 0.4) is 0 Å². The predicted octanol–water partition coefficient (Wildman–Crippen LogP) is 15.4. The molecular weight excluding hydrogens is 987 g/mol. The molecule has 0 aliphatic rings. The van der Waals surface area contributed by atoms with Crippen LogP contribution in [0, 0.1) is 12.8 Å². The fraction of sp³-hybridized carbons (Fsp3) is 0.286. The topological polar surface area (TPSA) is 43.5 Å². The van der Waals surface area contributed by atoms with Gasteiger partial charge in [0.15, 0.2) is 0 Å². The molecule has 0 aliphatic heterocycles. The summed E-state index contributed by atoms with van der Waals surface area (Å²) < 4.78 is 24.2. The van der Waals surface area contributed by atoms with Gasteiger partial charge in [0, 0.05) is 16.3 Å². The Labute approximate surface area is 464 Å². The molecule has 1 aromatic heterocycles. The van der Waals surface area contributed by atoms with E-state index in [-0.39, 0.29) is 15.1 Å². The molecule has 8 aromatic carbocycles. The molecule has 9 aromatic rings. The zero-order valence-corrected chi connectivity index (χ0v) is 51.1. The van der Waals surface area contributed by atoms with Gasteiger partial charge in [-0.05, 0) is 102 Å². The number of fused-ring (bicyclic) bond motifs is 3. The predicted molar refractivity (Wildman–Crippen MR) is 337 cm³/mol. The van der Waals surface area contributed by atoms with Crippen LogP contribution >= 0.6 is 0 Å². The van der Waals surface area contributed by atoms with Crippen LogP contribution in [0.1, 0.15) is 113 Å². The number of nitrogens with one attached hydrogen (secondary N) is 1. The largest absolute Gasteiger partial charge is 0.534 e. The first kappa shape index (κ1) is 55.3. The van der Waals surface area contributed by atoms with E-state index in [0.717, 1.165) is 62.8 Å². The minimum atomic E-state index is -3.12. The molecule has 1 N–H and O–H groups in total. The van der Waals surface area contributed by atoms with E-state index < -0.39 is 25.0 Å². The van der Waals surface area contributed by atoms with Gasteiger partial charge < -0.3 is 18.3 Å². The fourth-order valence-electron chi connectivity index (χ4n) is 12.2. The monoisotopic (exact) mass is 1070 g/mol. The summed E-state index contributed by atoms with van der Waals surface area (Å²) in [7, 11) is -9.22. The third kappa shape index (κ3) is 10.4. The summed E-state index contributed by atoms with van der Waals surface area (Å²) in [6, 6.07) is 72.9. The van der Waals surface area contributed by atoms with Crippen molar-refractivity contribution >= 4 is 84.0 Å². The molecule has 0 aliphatic carbocycles. The molecular formula is C70H81NO3Si3. The quantitative estimate of drug-likeness (QED) is 0.0924. The SMILES string of the molecule is C/C(=C\c1c(C)c(O[Si](c2ccccc2)(c2ccccc2)C(C)(C)C)cc2c1[nH]c1c(O[Si](c3ccccc3)(c3ccccc3)C(C)(C)C)ccc(CO[Si](c3ccccc3)(c3ccccc3)C(C)(C)C)c12)CCC(C)C. The maximum atomic E-state index is 8.15. The van der Waals surface area contributed by atoms with Crippen molar-refractivity contribution < 1.29 is 13.3 Å². The van der Waals surface area contributed by atoms with Gasteiger partial charge in [-0.25, -0.2) is 0 Å². The van der Waals surface area contributed by atoms with Crippen molar-refractivity contribution in [2.45, 2.75) is 125 Å². The standard InChI is InChI=1S/C70H81NO3Si3/c1-51(2)44-45-52(3)48-61-53(4)64(74-77(70(11,12)13,59-40-28-18-29-41-59)60-42-30-19-31-43-60)49-62-65-54(50-72-75(68(5,6)7,55-32-20-14-21-33-55)56-34-22-15-23-35-56)46-47-63(67(65)71-66(61)62)73-76(69(8,9)10,57-36-24-16-25-37-57)58-38-26-17-27-39-58/h14-43,46-49,51,71H,44-45,50H2,1-13H3/b52-48+. The molecule has 1 heterocycles. The molecule has 396 valence electrons. The Morgan fingerprint density at radius 2 is 0.844 bits per heavy atom. The lowest BCUT2D eigenvalue weighted by molar-refractivity contribution is 0.287. The van der Waals surface area contributed by atoms with Crippen LogP contribution in [0.4, 0.5) is 0 Å².